The molecule has 2 N–H and O–H groups in total. The fourth-order valence-electron chi connectivity index (χ4n) is 2.70. The normalized spacial score (nSPS) is 16.0. The summed E-state index contributed by atoms with van der Waals surface area (Å²) in [6.45, 7) is 2.60. The van der Waals surface area contributed by atoms with E-state index in [0.29, 0.717) is 12.2 Å². The number of benzene rings is 1. The summed E-state index contributed by atoms with van der Waals surface area (Å²) < 4.78 is 0. The molecule has 1 amide bonds. The molecule has 0 saturated carbocycles. The monoisotopic (exact) mass is 317 g/mol. The number of hydrogen-bond donors (Lipinski definition) is 2. The zero-order chi connectivity index (χ0) is 15.4. The molecule has 0 aliphatic carbocycles. The molecule has 5 nitrogen and oxygen atoms in total. The average Bonchev–Trinajstić information content (AvgIpc) is 3.07. The second-order valence-corrected chi connectivity index (χ2v) is 6.21. The van der Waals surface area contributed by atoms with Crippen molar-refractivity contribution in [1.82, 2.24) is 15.2 Å². The van der Waals surface area contributed by atoms with Gasteiger partial charge >= 0.3 is 0 Å². The van der Waals surface area contributed by atoms with Crippen LogP contribution < -0.4 is 5.32 Å². The van der Waals surface area contributed by atoms with E-state index >= 15 is 0 Å². The fraction of sp³-hybridized carbons (Fsp3) is 0.375. The van der Waals surface area contributed by atoms with E-state index in [0.717, 1.165) is 19.5 Å². The summed E-state index contributed by atoms with van der Waals surface area (Å²) in [5.41, 5.74) is 4.75. The number of carbonyl (C=O) groups excluding carboxylic acids is 1. The van der Waals surface area contributed by atoms with Crippen LogP contribution in [0, 0.1) is 0 Å². The molecule has 2 heterocycles. The zero-order valence-electron chi connectivity index (χ0n) is 12.2. The van der Waals surface area contributed by atoms with E-state index in [-0.39, 0.29) is 12.5 Å². The summed E-state index contributed by atoms with van der Waals surface area (Å²) in [5.74, 6) is -0.232. The maximum absolute atomic E-state index is 11.8. The first-order chi connectivity index (χ1) is 10.7. The van der Waals surface area contributed by atoms with E-state index in [4.69, 9.17) is 0 Å². The minimum atomic E-state index is -0.576. The molecule has 0 spiro atoms. The lowest BCUT2D eigenvalue weighted by atomic mass is 10.00. The molecule has 1 aromatic carbocycles. The van der Waals surface area contributed by atoms with Gasteiger partial charge < -0.3 is 10.4 Å². The van der Waals surface area contributed by atoms with Gasteiger partial charge in [0, 0.05) is 31.6 Å². The second-order valence-electron chi connectivity index (χ2n) is 5.49. The minimum absolute atomic E-state index is 0.232. The molecule has 3 rings (SSSR count). The number of nitrogens with zero attached hydrogens (tertiary/aromatic N) is 2. The van der Waals surface area contributed by atoms with Gasteiger partial charge in [0.25, 0.3) is 5.91 Å². The fourth-order valence-corrected chi connectivity index (χ4v) is 3.23. The molecule has 2 aromatic rings. The lowest BCUT2D eigenvalue weighted by Crippen LogP contribution is -2.42. The Labute approximate surface area is 133 Å². The lowest BCUT2D eigenvalue weighted by molar-refractivity contribution is 0.0838. The first-order valence-electron chi connectivity index (χ1n) is 7.36. The standard InChI is InChI=1S/C16H19N3O2S/c20-14(7-17-16(21)15-10-22-11-18-15)9-19-6-5-12-3-1-2-4-13(12)8-19/h1-4,10-11,14,20H,5-9H2,(H,17,21)/t14-/m0/s1. The SMILES string of the molecule is O=C(NC[C@H](O)CN1CCc2ccccc2C1)c1cscn1. The Balaban J connectivity index is 1.46. The Morgan fingerprint density at radius 3 is 3.00 bits per heavy atom. The van der Waals surface area contributed by atoms with Gasteiger partial charge in [-0.05, 0) is 17.5 Å². The first-order valence-corrected chi connectivity index (χ1v) is 8.30. The van der Waals surface area contributed by atoms with Crippen molar-refractivity contribution in [3.63, 3.8) is 0 Å². The van der Waals surface area contributed by atoms with E-state index in [1.807, 2.05) is 6.07 Å². The van der Waals surface area contributed by atoms with Gasteiger partial charge in [-0.15, -0.1) is 11.3 Å². The second kappa shape index (κ2) is 7.00. The summed E-state index contributed by atoms with van der Waals surface area (Å²) in [6.07, 6.45) is 0.432. The number of aliphatic hydroxyl groups excluding tert-OH is 1. The number of rotatable bonds is 5. The Kier molecular flexibility index (Phi) is 4.82. The van der Waals surface area contributed by atoms with Gasteiger partial charge in [-0.1, -0.05) is 24.3 Å². The van der Waals surface area contributed by atoms with Gasteiger partial charge in [-0.3, -0.25) is 9.69 Å². The summed E-state index contributed by atoms with van der Waals surface area (Å²) in [4.78, 5) is 17.9. The van der Waals surface area contributed by atoms with Crippen molar-refractivity contribution in [3.8, 4) is 0 Å². The van der Waals surface area contributed by atoms with Crippen LogP contribution in [0.4, 0.5) is 0 Å². The van der Waals surface area contributed by atoms with Gasteiger partial charge in [-0.2, -0.15) is 0 Å². The van der Waals surface area contributed by atoms with Crippen molar-refractivity contribution in [2.24, 2.45) is 0 Å². The average molecular weight is 317 g/mol. The highest BCUT2D eigenvalue weighted by Gasteiger charge is 2.19. The van der Waals surface area contributed by atoms with Gasteiger partial charge in [0.2, 0.25) is 0 Å². The van der Waals surface area contributed by atoms with Crippen LogP contribution in [-0.2, 0) is 13.0 Å². The Morgan fingerprint density at radius 2 is 2.23 bits per heavy atom. The van der Waals surface area contributed by atoms with E-state index in [2.05, 4.69) is 33.4 Å². The highest BCUT2D eigenvalue weighted by atomic mass is 32.1. The summed E-state index contributed by atoms with van der Waals surface area (Å²) in [5, 5.41) is 14.5. The van der Waals surface area contributed by atoms with E-state index < -0.39 is 6.10 Å². The van der Waals surface area contributed by atoms with Crippen LogP contribution in [0.25, 0.3) is 0 Å². The minimum Gasteiger partial charge on any atom is -0.390 e. The summed E-state index contributed by atoms with van der Waals surface area (Å²) >= 11 is 1.38. The van der Waals surface area contributed by atoms with Crippen molar-refractivity contribution in [2.45, 2.75) is 19.1 Å². The highest BCUT2D eigenvalue weighted by molar-refractivity contribution is 7.07. The van der Waals surface area contributed by atoms with Crippen LogP contribution in [0.5, 0.6) is 0 Å². The van der Waals surface area contributed by atoms with E-state index in [1.54, 1.807) is 10.9 Å². The molecule has 6 heteroatoms. The number of nitrogens with one attached hydrogen (secondary N) is 1. The van der Waals surface area contributed by atoms with Crippen molar-refractivity contribution >= 4 is 17.2 Å². The highest BCUT2D eigenvalue weighted by Crippen LogP contribution is 2.18. The molecule has 22 heavy (non-hydrogen) atoms. The first kappa shape index (κ1) is 15.1. The number of carbonyl (C=O) groups is 1. The predicted molar refractivity (Wildman–Crippen MR) is 85.9 cm³/mol. The molecule has 1 aliphatic rings. The van der Waals surface area contributed by atoms with Crippen LogP contribution >= 0.6 is 11.3 Å². The molecule has 1 atom stereocenters. The van der Waals surface area contributed by atoms with E-state index in [1.165, 1.54) is 22.5 Å². The molecule has 0 radical (unpaired) electrons. The number of thiazole rings is 1. The van der Waals surface area contributed by atoms with Crippen LogP contribution in [0.2, 0.25) is 0 Å². The molecular weight excluding hydrogens is 298 g/mol. The van der Waals surface area contributed by atoms with Gasteiger partial charge in [0.05, 0.1) is 11.6 Å². The van der Waals surface area contributed by atoms with Gasteiger partial charge in [-0.25, -0.2) is 4.98 Å². The largest absolute Gasteiger partial charge is 0.390 e. The molecule has 0 fully saturated rings. The molecule has 1 aromatic heterocycles. The van der Waals surface area contributed by atoms with Crippen LogP contribution in [0.3, 0.4) is 0 Å². The number of β-amino-alcohol motifs (C(OH)–C–C–N with tert-alkyl or cyclic N) is 1. The van der Waals surface area contributed by atoms with E-state index in [9.17, 15) is 9.90 Å². The molecular formula is C16H19N3O2S. The molecule has 116 valence electrons. The number of hydrogen-bond acceptors (Lipinski definition) is 5. The van der Waals surface area contributed by atoms with Crippen molar-refractivity contribution in [2.75, 3.05) is 19.6 Å². The Bertz CT molecular complexity index is 630. The van der Waals surface area contributed by atoms with Crippen LogP contribution in [0.15, 0.2) is 35.2 Å². The maximum atomic E-state index is 11.8. The van der Waals surface area contributed by atoms with Crippen molar-refractivity contribution in [1.29, 1.82) is 0 Å². The molecule has 0 bridgehead atoms. The third-order valence-corrected chi connectivity index (χ3v) is 4.43. The maximum Gasteiger partial charge on any atom is 0.270 e. The topological polar surface area (TPSA) is 65.5 Å². The van der Waals surface area contributed by atoms with Crippen LogP contribution in [0.1, 0.15) is 21.6 Å². The van der Waals surface area contributed by atoms with Crippen LogP contribution in [-0.4, -0.2) is 46.6 Å². The number of amides is 1. The third-order valence-electron chi connectivity index (χ3n) is 3.84. The lowest BCUT2D eigenvalue weighted by Gasteiger charge is -2.30. The summed E-state index contributed by atoms with van der Waals surface area (Å²) in [6, 6.07) is 8.42. The quantitative estimate of drug-likeness (QED) is 0.872. The summed E-state index contributed by atoms with van der Waals surface area (Å²) in [7, 11) is 0. The van der Waals surface area contributed by atoms with Gasteiger partial charge in [0.1, 0.15) is 5.69 Å². The molecule has 1 aliphatic heterocycles. The Morgan fingerprint density at radius 1 is 1.41 bits per heavy atom. The molecule has 0 unspecified atom stereocenters. The predicted octanol–water partition coefficient (Wildman–Crippen LogP) is 1.29. The van der Waals surface area contributed by atoms with Crippen molar-refractivity contribution < 1.29 is 9.90 Å². The number of aromatic nitrogens is 1. The van der Waals surface area contributed by atoms with Gasteiger partial charge in [0.15, 0.2) is 0 Å². The zero-order valence-corrected chi connectivity index (χ0v) is 13.1. The van der Waals surface area contributed by atoms with Crippen molar-refractivity contribution in [3.05, 3.63) is 52.0 Å². The Hall–Kier alpha value is -1.76. The smallest absolute Gasteiger partial charge is 0.270 e. The number of fused-ring (bicyclic) bond motifs is 1. The third kappa shape index (κ3) is 3.71. The number of aliphatic hydroxyl groups is 1. The molecule has 0 saturated heterocycles.